The molecule has 6 nitrogen and oxygen atoms in total. The van der Waals surface area contributed by atoms with Gasteiger partial charge in [-0.3, -0.25) is 9.69 Å². The molecular weight excluding hydrogens is 418 g/mol. The molecule has 172 valence electrons. The number of hydrogen-bond donors (Lipinski definition) is 1. The molecule has 1 saturated heterocycles. The van der Waals surface area contributed by atoms with Gasteiger partial charge < -0.3 is 19.3 Å². The first-order chi connectivity index (χ1) is 16.2. The first-order valence-electron chi connectivity index (χ1n) is 12.0. The van der Waals surface area contributed by atoms with Gasteiger partial charge in [0, 0.05) is 31.5 Å². The van der Waals surface area contributed by atoms with Crippen LogP contribution < -0.4 is 9.47 Å². The van der Waals surface area contributed by atoms with Crippen LogP contribution in [0, 0.1) is 0 Å². The van der Waals surface area contributed by atoms with E-state index in [-0.39, 0.29) is 24.7 Å². The van der Waals surface area contributed by atoms with Gasteiger partial charge in [-0.2, -0.15) is 0 Å². The van der Waals surface area contributed by atoms with Gasteiger partial charge in [0.2, 0.25) is 6.79 Å². The Morgan fingerprint density at radius 1 is 1.12 bits per heavy atom. The van der Waals surface area contributed by atoms with Gasteiger partial charge in [-0.25, -0.2) is 0 Å². The Kier molecular flexibility index (Phi) is 5.35. The van der Waals surface area contributed by atoms with Crippen LogP contribution in [0.1, 0.15) is 48.3 Å². The average molecular weight is 448 g/mol. The molecule has 4 aliphatic rings. The zero-order valence-corrected chi connectivity index (χ0v) is 18.6. The lowest BCUT2D eigenvalue weighted by Gasteiger charge is -2.45. The summed E-state index contributed by atoms with van der Waals surface area (Å²) in [7, 11) is 0. The second-order valence-corrected chi connectivity index (χ2v) is 9.47. The highest BCUT2D eigenvalue weighted by atomic mass is 16.7. The van der Waals surface area contributed by atoms with E-state index in [0.717, 1.165) is 55.8 Å². The molecule has 1 aliphatic carbocycles. The van der Waals surface area contributed by atoms with Gasteiger partial charge in [0.1, 0.15) is 12.2 Å². The number of aliphatic hydroxyl groups excluding tert-OH is 1. The second kappa shape index (κ2) is 8.50. The normalized spacial score (nSPS) is 27.0. The maximum atomic E-state index is 12.8. The number of carbonyl (C=O) groups excluding carboxylic acids is 1. The van der Waals surface area contributed by atoms with Crippen LogP contribution in [0.15, 0.2) is 54.1 Å². The number of rotatable bonds is 6. The van der Waals surface area contributed by atoms with Gasteiger partial charge in [0.25, 0.3) is 0 Å². The second-order valence-electron chi connectivity index (χ2n) is 9.47. The molecule has 6 rings (SSSR count). The molecule has 1 N–H and O–H groups in total. The Morgan fingerprint density at radius 2 is 1.94 bits per heavy atom. The zero-order valence-electron chi connectivity index (χ0n) is 18.6. The highest BCUT2D eigenvalue weighted by molar-refractivity contribution is 5.70. The van der Waals surface area contributed by atoms with E-state index < -0.39 is 12.2 Å². The number of nitrogens with zero attached hydrogens (tertiary/aromatic N) is 1. The predicted octanol–water partition coefficient (Wildman–Crippen LogP) is 3.71. The van der Waals surface area contributed by atoms with E-state index in [2.05, 4.69) is 23.1 Å². The summed E-state index contributed by atoms with van der Waals surface area (Å²) in [6.45, 7) is 2.01. The molecule has 0 spiro atoms. The molecule has 3 heterocycles. The molecule has 0 bridgehead atoms. The van der Waals surface area contributed by atoms with E-state index in [1.807, 2.05) is 30.3 Å². The summed E-state index contributed by atoms with van der Waals surface area (Å²) >= 11 is 0. The molecule has 1 fully saturated rings. The number of unbranched alkanes of at least 4 members (excludes halogenated alkanes) is 1. The summed E-state index contributed by atoms with van der Waals surface area (Å²) < 4.78 is 17.2. The SMILES string of the molecule is O=C(CCCCc1ccccc1)OC1C(O)C=C2CCN3Cc4cc5c(cc4C1C23)OCO5. The molecule has 2 aromatic rings. The van der Waals surface area contributed by atoms with Crippen LogP contribution in [-0.2, 0) is 22.5 Å². The highest BCUT2D eigenvalue weighted by Gasteiger charge is 2.50. The van der Waals surface area contributed by atoms with E-state index in [1.54, 1.807) is 0 Å². The summed E-state index contributed by atoms with van der Waals surface area (Å²) in [6, 6.07) is 14.6. The van der Waals surface area contributed by atoms with Gasteiger partial charge in [-0.05, 0) is 54.5 Å². The molecular formula is C27H29NO5. The van der Waals surface area contributed by atoms with Crippen molar-refractivity contribution < 1.29 is 24.1 Å². The highest BCUT2D eigenvalue weighted by Crippen LogP contribution is 2.50. The molecule has 0 amide bonds. The van der Waals surface area contributed by atoms with Gasteiger partial charge in [-0.1, -0.05) is 42.0 Å². The summed E-state index contributed by atoms with van der Waals surface area (Å²) in [5, 5.41) is 11.0. The van der Waals surface area contributed by atoms with E-state index in [1.165, 1.54) is 16.7 Å². The standard InChI is InChI=1S/C27H29NO5/c29-21-12-18-10-11-28-15-19-13-22-23(32-16-31-22)14-20(19)25(26(18)28)27(21)33-24(30)9-5-4-8-17-6-2-1-3-7-17/h1-3,6-7,12-14,21,25-27,29H,4-5,8-11,15-16H2. The maximum Gasteiger partial charge on any atom is 0.306 e. The summed E-state index contributed by atoms with van der Waals surface area (Å²) in [5.74, 6) is 1.16. The summed E-state index contributed by atoms with van der Waals surface area (Å²) in [4.78, 5) is 15.2. The van der Waals surface area contributed by atoms with Crippen LogP contribution in [0.3, 0.4) is 0 Å². The zero-order chi connectivity index (χ0) is 22.4. The third-order valence-electron chi connectivity index (χ3n) is 7.45. The molecule has 6 heteroatoms. The van der Waals surface area contributed by atoms with Crippen molar-refractivity contribution in [2.24, 2.45) is 0 Å². The lowest BCUT2D eigenvalue weighted by molar-refractivity contribution is -0.157. The van der Waals surface area contributed by atoms with E-state index in [4.69, 9.17) is 14.2 Å². The minimum Gasteiger partial charge on any atom is -0.459 e. The van der Waals surface area contributed by atoms with Crippen LogP contribution in [0.2, 0.25) is 0 Å². The van der Waals surface area contributed by atoms with Crippen LogP contribution in [0.25, 0.3) is 0 Å². The lowest BCUT2D eigenvalue weighted by Crippen LogP contribution is -2.51. The number of fused-ring (bicyclic) bond motifs is 3. The quantitative estimate of drug-likeness (QED) is 0.414. The van der Waals surface area contributed by atoms with E-state index in [9.17, 15) is 9.90 Å². The smallest absolute Gasteiger partial charge is 0.306 e. The Bertz CT molecular complexity index is 1080. The number of carbonyl (C=O) groups is 1. The molecule has 4 unspecified atom stereocenters. The molecule has 0 radical (unpaired) electrons. The van der Waals surface area contributed by atoms with Crippen LogP contribution in [0.5, 0.6) is 11.5 Å². The number of ether oxygens (including phenoxy) is 3. The van der Waals surface area contributed by atoms with E-state index >= 15 is 0 Å². The summed E-state index contributed by atoms with van der Waals surface area (Å²) in [6.07, 6.45) is 4.49. The maximum absolute atomic E-state index is 12.8. The molecule has 2 aromatic carbocycles. The fourth-order valence-corrected chi connectivity index (χ4v) is 5.93. The van der Waals surface area contributed by atoms with Crippen LogP contribution >= 0.6 is 0 Å². The largest absolute Gasteiger partial charge is 0.459 e. The van der Waals surface area contributed by atoms with E-state index in [0.29, 0.717) is 6.42 Å². The Balaban J connectivity index is 1.19. The van der Waals surface area contributed by atoms with Gasteiger partial charge in [-0.15, -0.1) is 0 Å². The Morgan fingerprint density at radius 3 is 2.79 bits per heavy atom. The Hall–Kier alpha value is -2.83. The lowest BCUT2D eigenvalue weighted by atomic mass is 9.73. The van der Waals surface area contributed by atoms with Crippen molar-refractivity contribution in [3.63, 3.8) is 0 Å². The predicted molar refractivity (Wildman–Crippen MR) is 122 cm³/mol. The van der Waals surface area contributed by atoms with Gasteiger partial charge >= 0.3 is 5.97 Å². The minimum absolute atomic E-state index is 0.103. The third-order valence-corrected chi connectivity index (χ3v) is 7.45. The monoisotopic (exact) mass is 447 g/mol. The van der Waals surface area contributed by atoms with Gasteiger partial charge in [0.15, 0.2) is 11.5 Å². The fraction of sp³-hybridized carbons (Fsp3) is 0.444. The molecule has 4 atom stereocenters. The molecule has 0 saturated carbocycles. The third kappa shape index (κ3) is 3.81. The van der Waals surface area contributed by atoms with Gasteiger partial charge in [0.05, 0.1) is 0 Å². The van der Waals surface area contributed by atoms with Crippen molar-refractivity contribution in [2.75, 3.05) is 13.3 Å². The first kappa shape index (κ1) is 20.8. The van der Waals surface area contributed by atoms with Crippen molar-refractivity contribution in [1.29, 1.82) is 0 Å². The topological polar surface area (TPSA) is 68.2 Å². The van der Waals surface area contributed by atoms with Crippen molar-refractivity contribution in [1.82, 2.24) is 4.90 Å². The van der Waals surface area contributed by atoms with Crippen LogP contribution in [-0.4, -0.2) is 47.6 Å². The Labute approximate surface area is 193 Å². The fourth-order valence-electron chi connectivity index (χ4n) is 5.93. The number of aliphatic hydroxyl groups is 1. The molecule has 3 aliphatic heterocycles. The van der Waals surface area contributed by atoms with Crippen molar-refractivity contribution >= 4 is 5.97 Å². The van der Waals surface area contributed by atoms with Crippen molar-refractivity contribution in [3.05, 3.63) is 70.8 Å². The van der Waals surface area contributed by atoms with Crippen molar-refractivity contribution in [3.8, 4) is 11.5 Å². The number of aryl methyl sites for hydroxylation is 1. The van der Waals surface area contributed by atoms with Crippen LogP contribution in [0.4, 0.5) is 0 Å². The number of hydrogen-bond acceptors (Lipinski definition) is 6. The molecule has 33 heavy (non-hydrogen) atoms. The minimum atomic E-state index is -0.800. The van der Waals surface area contributed by atoms with Crippen molar-refractivity contribution in [2.45, 2.75) is 62.8 Å². The first-order valence-corrected chi connectivity index (χ1v) is 12.0. The summed E-state index contributed by atoms with van der Waals surface area (Å²) in [5.41, 5.74) is 4.81. The molecule has 0 aromatic heterocycles. The number of benzene rings is 2. The average Bonchev–Trinajstić information content (AvgIpc) is 3.45. The number of esters is 1.